The van der Waals surface area contributed by atoms with Crippen LogP contribution in [0, 0.1) is 5.92 Å². The van der Waals surface area contributed by atoms with E-state index in [-0.39, 0.29) is 5.91 Å². The molecule has 1 saturated heterocycles. The first-order chi connectivity index (χ1) is 11.0. The Bertz CT molecular complexity index is 495. The highest BCUT2D eigenvalue weighted by atomic mass is 16.1. The Morgan fingerprint density at radius 3 is 2.78 bits per heavy atom. The van der Waals surface area contributed by atoms with Crippen molar-refractivity contribution in [3.63, 3.8) is 0 Å². The molecule has 1 heterocycles. The van der Waals surface area contributed by atoms with Crippen molar-refractivity contribution < 1.29 is 4.79 Å². The van der Waals surface area contributed by atoms with E-state index < -0.39 is 0 Å². The number of carbonyl (C=O) groups excluding carboxylic acids is 1. The molecule has 0 aliphatic carbocycles. The van der Waals surface area contributed by atoms with Crippen LogP contribution in [0.4, 0.5) is 5.69 Å². The van der Waals surface area contributed by atoms with Gasteiger partial charge in [0, 0.05) is 18.7 Å². The molecule has 1 aromatic rings. The van der Waals surface area contributed by atoms with Crippen LogP contribution in [0.5, 0.6) is 0 Å². The largest absolute Gasteiger partial charge is 0.326 e. The molecule has 0 spiro atoms. The number of carbonyl (C=O) groups is 1. The minimum absolute atomic E-state index is 0.0291. The first-order valence-electron chi connectivity index (χ1n) is 8.88. The normalized spacial score (nSPS) is 17.9. The third-order valence-electron chi connectivity index (χ3n) is 4.68. The lowest BCUT2D eigenvalue weighted by atomic mass is 9.99. The van der Waals surface area contributed by atoms with Crippen LogP contribution in [0.15, 0.2) is 24.3 Å². The van der Waals surface area contributed by atoms with E-state index in [2.05, 4.69) is 35.4 Å². The second-order valence-corrected chi connectivity index (χ2v) is 6.86. The van der Waals surface area contributed by atoms with Gasteiger partial charge in [-0.05, 0) is 76.0 Å². The zero-order valence-electron chi connectivity index (χ0n) is 14.8. The highest BCUT2D eigenvalue weighted by molar-refractivity contribution is 5.88. The topological polar surface area (TPSA) is 44.4 Å². The summed E-state index contributed by atoms with van der Waals surface area (Å²) in [5, 5.41) is 6.43. The van der Waals surface area contributed by atoms with Crippen LogP contribution in [0.25, 0.3) is 0 Å². The highest BCUT2D eigenvalue weighted by Gasteiger charge is 2.15. The van der Waals surface area contributed by atoms with Crippen LogP contribution in [0.2, 0.25) is 0 Å². The smallest absolute Gasteiger partial charge is 0.221 e. The van der Waals surface area contributed by atoms with Crippen molar-refractivity contribution in [1.29, 1.82) is 0 Å². The number of hydrogen-bond donors (Lipinski definition) is 2. The van der Waals surface area contributed by atoms with E-state index in [9.17, 15) is 4.79 Å². The fraction of sp³-hybridized carbons (Fsp3) is 0.632. The average molecular weight is 317 g/mol. The molecule has 1 aliphatic heterocycles. The maximum Gasteiger partial charge on any atom is 0.221 e. The van der Waals surface area contributed by atoms with Crippen molar-refractivity contribution in [3.05, 3.63) is 29.8 Å². The SMILES string of the molecule is CC(=O)Nc1cccc(C(C)NCCCN2CCC(C)CC2)c1. The maximum atomic E-state index is 11.1. The molecule has 1 aliphatic rings. The number of piperidine rings is 1. The lowest BCUT2D eigenvalue weighted by Gasteiger charge is -2.30. The fourth-order valence-corrected chi connectivity index (χ4v) is 3.11. The Balaban J connectivity index is 1.70. The quantitative estimate of drug-likeness (QED) is 0.757. The summed E-state index contributed by atoms with van der Waals surface area (Å²) in [4.78, 5) is 13.7. The molecule has 1 aromatic carbocycles. The van der Waals surface area contributed by atoms with Gasteiger partial charge in [-0.1, -0.05) is 19.1 Å². The van der Waals surface area contributed by atoms with Crippen molar-refractivity contribution in [2.24, 2.45) is 5.92 Å². The van der Waals surface area contributed by atoms with Crippen LogP contribution >= 0.6 is 0 Å². The van der Waals surface area contributed by atoms with E-state index in [1.807, 2.05) is 18.2 Å². The number of nitrogens with one attached hydrogen (secondary N) is 2. The van der Waals surface area contributed by atoms with E-state index in [4.69, 9.17) is 0 Å². The average Bonchev–Trinajstić information content (AvgIpc) is 2.52. The van der Waals surface area contributed by atoms with E-state index >= 15 is 0 Å². The van der Waals surface area contributed by atoms with Gasteiger partial charge in [-0.25, -0.2) is 0 Å². The molecule has 0 radical (unpaired) electrons. The molecule has 23 heavy (non-hydrogen) atoms. The summed E-state index contributed by atoms with van der Waals surface area (Å²) in [6, 6.07) is 8.37. The molecule has 4 nitrogen and oxygen atoms in total. The predicted octanol–water partition coefficient (Wildman–Crippen LogP) is 3.42. The van der Waals surface area contributed by atoms with E-state index in [1.54, 1.807) is 0 Å². The summed E-state index contributed by atoms with van der Waals surface area (Å²) < 4.78 is 0. The lowest BCUT2D eigenvalue weighted by Crippen LogP contribution is -2.35. The number of hydrogen-bond acceptors (Lipinski definition) is 3. The van der Waals surface area contributed by atoms with Gasteiger partial charge < -0.3 is 15.5 Å². The summed E-state index contributed by atoms with van der Waals surface area (Å²) in [5.74, 6) is 0.874. The summed E-state index contributed by atoms with van der Waals surface area (Å²) in [7, 11) is 0. The summed E-state index contributed by atoms with van der Waals surface area (Å²) in [6.07, 6.45) is 3.88. The molecule has 2 rings (SSSR count). The number of nitrogens with zero attached hydrogens (tertiary/aromatic N) is 1. The molecule has 0 bridgehead atoms. The van der Waals surface area contributed by atoms with E-state index in [0.29, 0.717) is 6.04 Å². The molecule has 128 valence electrons. The molecule has 1 atom stereocenters. The molecule has 1 fully saturated rings. The second-order valence-electron chi connectivity index (χ2n) is 6.86. The van der Waals surface area contributed by atoms with Crippen LogP contribution < -0.4 is 10.6 Å². The third-order valence-corrected chi connectivity index (χ3v) is 4.68. The predicted molar refractivity (Wildman–Crippen MR) is 96.6 cm³/mol. The Morgan fingerprint density at radius 2 is 2.09 bits per heavy atom. The third kappa shape index (κ3) is 6.32. The zero-order valence-corrected chi connectivity index (χ0v) is 14.8. The van der Waals surface area contributed by atoms with Gasteiger partial charge in [0.1, 0.15) is 0 Å². The number of likely N-dealkylation sites (tertiary alicyclic amines) is 1. The Morgan fingerprint density at radius 1 is 1.35 bits per heavy atom. The molecule has 2 N–H and O–H groups in total. The molecule has 4 heteroatoms. The van der Waals surface area contributed by atoms with Crippen LogP contribution in [0.1, 0.15) is 51.6 Å². The molecule has 1 amide bonds. The van der Waals surface area contributed by atoms with Gasteiger partial charge in [0.05, 0.1) is 0 Å². The molecule has 0 aromatic heterocycles. The Hall–Kier alpha value is -1.39. The summed E-state index contributed by atoms with van der Waals surface area (Å²) in [6.45, 7) is 10.8. The first-order valence-corrected chi connectivity index (χ1v) is 8.88. The molecule has 0 saturated carbocycles. The fourth-order valence-electron chi connectivity index (χ4n) is 3.11. The van der Waals surface area contributed by atoms with Crippen molar-refractivity contribution in [1.82, 2.24) is 10.2 Å². The van der Waals surface area contributed by atoms with Gasteiger partial charge in [0.2, 0.25) is 5.91 Å². The van der Waals surface area contributed by atoms with Crippen molar-refractivity contribution in [2.45, 2.75) is 46.1 Å². The highest BCUT2D eigenvalue weighted by Crippen LogP contribution is 2.18. The molecular formula is C19H31N3O. The van der Waals surface area contributed by atoms with Gasteiger partial charge in [-0.2, -0.15) is 0 Å². The van der Waals surface area contributed by atoms with Crippen molar-refractivity contribution in [2.75, 3.05) is 31.5 Å². The standard InChI is InChI=1S/C19H31N3O/c1-15-8-12-22(13-9-15)11-5-10-20-16(2)18-6-4-7-19(14-18)21-17(3)23/h4,6-7,14-16,20H,5,8-13H2,1-3H3,(H,21,23). The minimum Gasteiger partial charge on any atom is -0.326 e. The summed E-state index contributed by atoms with van der Waals surface area (Å²) in [5.41, 5.74) is 2.08. The maximum absolute atomic E-state index is 11.1. The van der Waals surface area contributed by atoms with Crippen LogP contribution in [0.3, 0.4) is 0 Å². The van der Waals surface area contributed by atoms with E-state index in [1.165, 1.54) is 51.4 Å². The molecule has 1 unspecified atom stereocenters. The summed E-state index contributed by atoms with van der Waals surface area (Å²) >= 11 is 0. The van der Waals surface area contributed by atoms with Crippen LogP contribution in [-0.2, 0) is 4.79 Å². The van der Waals surface area contributed by atoms with Gasteiger partial charge in [0.15, 0.2) is 0 Å². The van der Waals surface area contributed by atoms with Crippen molar-refractivity contribution in [3.8, 4) is 0 Å². The van der Waals surface area contributed by atoms with Crippen molar-refractivity contribution >= 4 is 11.6 Å². The Kier molecular flexibility index (Phi) is 7.06. The minimum atomic E-state index is -0.0291. The van der Waals surface area contributed by atoms with Gasteiger partial charge in [-0.3, -0.25) is 4.79 Å². The first kappa shape index (κ1) is 18.0. The number of rotatable bonds is 7. The van der Waals surface area contributed by atoms with Gasteiger partial charge in [0.25, 0.3) is 0 Å². The van der Waals surface area contributed by atoms with E-state index in [0.717, 1.165) is 18.2 Å². The monoisotopic (exact) mass is 317 g/mol. The second kappa shape index (κ2) is 9.04. The zero-order chi connectivity index (χ0) is 16.7. The lowest BCUT2D eigenvalue weighted by molar-refractivity contribution is -0.114. The van der Waals surface area contributed by atoms with Gasteiger partial charge >= 0.3 is 0 Å². The van der Waals surface area contributed by atoms with Crippen LogP contribution in [-0.4, -0.2) is 37.0 Å². The molecular weight excluding hydrogens is 286 g/mol. The number of amides is 1. The number of benzene rings is 1. The van der Waals surface area contributed by atoms with Gasteiger partial charge in [-0.15, -0.1) is 0 Å². The number of anilines is 1. The Labute approximate surface area is 140 Å².